The molecule has 1 saturated heterocycles. The molecule has 3 aromatic rings. The highest BCUT2D eigenvalue weighted by Crippen LogP contribution is 2.29. The molecule has 6 nitrogen and oxygen atoms in total. The van der Waals surface area contributed by atoms with E-state index in [1.54, 1.807) is 12.4 Å². The van der Waals surface area contributed by atoms with Gasteiger partial charge in [-0.3, -0.25) is 9.97 Å². The number of hydrogen-bond donors (Lipinski definition) is 1. The van der Waals surface area contributed by atoms with E-state index in [9.17, 15) is 0 Å². The number of nitrogens with zero attached hydrogens (tertiary/aromatic N) is 5. The van der Waals surface area contributed by atoms with Gasteiger partial charge in [0, 0.05) is 55.7 Å². The van der Waals surface area contributed by atoms with Crippen LogP contribution in [-0.4, -0.2) is 46.1 Å². The molecule has 0 amide bonds. The van der Waals surface area contributed by atoms with Crippen LogP contribution in [0.25, 0.3) is 22.3 Å². The Hall–Kier alpha value is -2.60. The third-order valence-corrected chi connectivity index (χ3v) is 4.13. The van der Waals surface area contributed by atoms with E-state index in [1.165, 1.54) is 0 Å². The summed E-state index contributed by atoms with van der Waals surface area (Å²) in [6, 6.07) is 3.87. The lowest BCUT2D eigenvalue weighted by atomic mass is 10.1. The molecular formula is C17H18N6. The first-order chi connectivity index (χ1) is 11.3. The molecule has 0 atom stereocenters. The lowest BCUT2D eigenvalue weighted by Gasteiger charge is -2.29. The van der Waals surface area contributed by atoms with Gasteiger partial charge in [-0.05, 0) is 24.6 Å². The number of fused-ring (bicyclic) bond motifs is 1. The zero-order chi connectivity index (χ0) is 15.6. The minimum atomic E-state index is 0.723. The average molecular weight is 306 g/mol. The van der Waals surface area contributed by atoms with Crippen LogP contribution in [-0.2, 0) is 0 Å². The minimum Gasteiger partial charge on any atom is -0.353 e. The molecule has 0 unspecified atom stereocenters. The van der Waals surface area contributed by atoms with E-state index in [-0.39, 0.29) is 0 Å². The van der Waals surface area contributed by atoms with Crippen molar-refractivity contribution in [1.82, 2.24) is 25.3 Å². The van der Waals surface area contributed by atoms with Gasteiger partial charge < -0.3 is 10.2 Å². The summed E-state index contributed by atoms with van der Waals surface area (Å²) < 4.78 is 0. The zero-order valence-corrected chi connectivity index (χ0v) is 13.0. The predicted octanol–water partition coefficient (Wildman–Crippen LogP) is 1.80. The highest BCUT2D eigenvalue weighted by atomic mass is 15.2. The Labute approximate surface area is 134 Å². The molecule has 0 aliphatic carbocycles. The van der Waals surface area contributed by atoms with Gasteiger partial charge in [-0.1, -0.05) is 0 Å². The van der Waals surface area contributed by atoms with Crippen LogP contribution in [0.3, 0.4) is 0 Å². The van der Waals surface area contributed by atoms with Gasteiger partial charge in [0.05, 0.1) is 11.7 Å². The van der Waals surface area contributed by atoms with Crippen LogP contribution in [0.2, 0.25) is 0 Å². The van der Waals surface area contributed by atoms with Gasteiger partial charge in [-0.25, -0.2) is 9.97 Å². The molecule has 0 saturated carbocycles. The summed E-state index contributed by atoms with van der Waals surface area (Å²) in [6.07, 6.45) is 7.23. The molecule has 0 aromatic carbocycles. The van der Waals surface area contributed by atoms with Crippen LogP contribution in [0.1, 0.15) is 5.56 Å². The van der Waals surface area contributed by atoms with Gasteiger partial charge in [-0.2, -0.15) is 0 Å². The van der Waals surface area contributed by atoms with Crippen LogP contribution in [0.4, 0.5) is 5.82 Å². The molecule has 1 aliphatic rings. The second kappa shape index (κ2) is 5.89. The molecule has 3 aromatic heterocycles. The Morgan fingerprint density at radius 3 is 2.57 bits per heavy atom. The molecule has 4 rings (SSSR count). The fourth-order valence-electron chi connectivity index (χ4n) is 2.96. The van der Waals surface area contributed by atoms with Gasteiger partial charge in [0.25, 0.3) is 0 Å². The Bertz CT molecular complexity index is 827. The summed E-state index contributed by atoms with van der Waals surface area (Å²) in [5.74, 6) is 1.73. The van der Waals surface area contributed by atoms with Crippen molar-refractivity contribution in [3.8, 4) is 11.4 Å². The molecule has 1 N–H and O–H groups in total. The van der Waals surface area contributed by atoms with Gasteiger partial charge >= 0.3 is 0 Å². The number of aryl methyl sites for hydroxylation is 1. The largest absolute Gasteiger partial charge is 0.353 e. The number of pyridine rings is 2. The summed E-state index contributed by atoms with van der Waals surface area (Å²) in [7, 11) is 0. The van der Waals surface area contributed by atoms with Gasteiger partial charge in [0.15, 0.2) is 5.82 Å². The van der Waals surface area contributed by atoms with E-state index in [2.05, 4.69) is 27.1 Å². The Morgan fingerprint density at radius 1 is 1.00 bits per heavy atom. The maximum atomic E-state index is 4.89. The molecule has 0 radical (unpaired) electrons. The lowest BCUT2D eigenvalue weighted by Crippen LogP contribution is -2.44. The highest BCUT2D eigenvalue weighted by molar-refractivity contribution is 5.93. The number of piperazine rings is 1. The molecule has 1 fully saturated rings. The first-order valence-corrected chi connectivity index (χ1v) is 7.81. The van der Waals surface area contributed by atoms with Crippen molar-refractivity contribution in [2.24, 2.45) is 0 Å². The standard InChI is InChI=1S/C17H18N6/c1-12-10-20-11-14-15(12)17(23-8-6-19-7-9-23)22-16(21-14)13-2-4-18-5-3-13/h2-5,10-11,19H,6-9H2,1H3. The fourth-order valence-corrected chi connectivity index (χ4v) is 2.96. The van der Waals surface area contributed by atoms with Crippen LogP contribution >= 0.6 is 0 Å². The number of hydrogen-bond acceptors (Lipinski definition) is 6. The van der Waals surface area contributed by atoms with Gasteiger partial charge in [0.2, 0.25) is 0 Å². The SMILES string of the molecule is Cc1cncc2nc(-c3ccncc3)nc(N3CCNCC3)c12. The molecule has 116 valence electrons. The number of aromatic nitrogens is 4. The topological polar surface area (TPSA) is 66.8 Å². The molecule has 23 heavy (non-hydrogen) atoms. The molecular weight excluding hydrogens is 288 g/mol. The highest BCUT2D eigenvalue weighted by Gasteiger charge is 2.18. The minimum absolute atomic E-state index is 0.723. The van der Waals surface area contributed by atoms with E-state index in [0.29, 0.717) is 0 Å². The van der Waals surface area contributed by atoms with Crippen LogP contribution in [0, 0.1) is 6.92 Å². The van der Waals surface area contributed by atoms with E-state index < -0.39 is 0 Å². The van der Waals surface area contributed by atoms with Crippen LogP contribution in [0.15, 0.2) is 36.9 Å². The summed E-state index contributed by atoms with van der Waals surface area (Å²) in [5, 5.41) is 4.48. The van der Waals surface area contributed by atoms with Crippen molar-refractivity contribution in [2.45, 2.75) is 6.92 Å². The molecule has 0 spiro atoms. The Morgan fingerprint density at radius 2 is 1.78 bits per heavy atom. The quantitative estimate of drug-likeness (QED) is 0.779. The molecule has 0 bridgehead atoms. The summed E-state index contributed by atoms with van der Waals surface area (Å²) >= 11 is 0. The van der Waals surface area contributed by atoms with E-state index >= 15 is 0 Å². The lowest BCUT2D eigenvalue weighted by molar-refractivity contribution is 0.586. The van der Waals surface area contributed by atoms with Crippen molar-refractivity contribution < 1.29 is 0 Å². The third kappa shape index (κ3) is 2.61. The van der Waals surface area contributed by atoms with Crippen LogP contribution in [0.5, 0.6) is 0 Å². The van der Waals surface area contributed by atoms with Gasteiger partial charge in [0.1, 0.15) is 5.82 Å². The Balaban J connectivity index is 1.93. The number of anilines is 1. The van der Waals surface area contributed by atoms with E-state index in [1.807, 2.05) is 24.5 Å². The van der Waals surface area contributed by atoms with Crippen molar-refractivity contribution in [3.63, 3.8) is 0 Å². The maximum Gasteiger partial charge on any atom is 0.162 e. The Kier molecular flexibility index (Phi) is 3.59. The second-order valence-corrected chi connectivity index (χ2v) is 5.69. The van der Waals surface area contributed by atoms with E-state index in [0.717, 1.165) is 59.9 Å². The van der Waals surface area contributed by atoms with Crippen LogP contribution < -0.4 is 10.2 Å². The summed E-state index contributed by atoms with van der Waals surface area (Å²) in [6.45, 7) is 5.91. The fraction of sp³-hybridized carbons (Fsp3) is 0.294. The maximum absolute atomic E-state index is 4.89. The molecule has 4 heterocycles. The first-order valence-electron chi connectivity index (χ1n) is 7.81. The number of nitrogens with one attached hydrogen (secondary N) is 1. The third-order valence-electron chi connectivity index (χ3n) is 4.13. The smallest absolute Gasteiger partial charge is 0.162 e. The average Bonchev–Trinajstić information content (AvgIpc) is 2.62. The number of rotatable bonds is 2. The second-order valence-electron chi connectivity index (χ2n) is 5.69. The molecule has 6 heteroatoms. The monoisotopic (exact) mass is 306 g/mol. The van der Waals surface area contributed by atoms with Gasteiger partial charge in [-0.15, -0.1) is 0 Å². The van der Waals surface area contributed by atoms with Crippen molar-refractivity contribution >= 4 is 16.7 Å². The van der Waals surface area contributed by atoms with E-state index in [4.69, 9.17) is 9.97 Å². The summed E-state index contributed by atoms with van der Waals surface area (Å²) in [5.41, 5.74) is 2.97. The zero-order valence-electron chi connectivity index (χ0n) is 13.0. The van der Waals surface area contributed by atoms with Crippen molar-refractivity contribution in [3.05, 3.63) is 42.5 Å². The predicted molar refractivity (Wildman–Crippen MR) is 90.4 cm³/mol. The normalized spacial score (nSPS) is 15.1. The molecule has 1 aliphatic heterocycles. The first kappa shape index (κ1) is 14.0. The van der Waals surface area contributed by atoms with Crippen molar-refractivity contribution in [1.29, 1.82) is 0 Å². The van der Waals surface area contributed by atoms with Crippen molar-refractivity contribution in [2.75, 3.05) is 31.1 Å². The summed E-state index contributed by atoms with van der Waals surface area (Å²) in [4.78, 5) is 20.3.